The Balaban J connectivity index is 1.80. The minimum Gasteiger partial charge on any atom is -0.490 e. The standard InChI is InChI=1S/C15H18N2O2S/c1-10-14(18)17(15(20)16-10)11-5-4-8-13(9-11)19-12-6-2-3-7-12/h4-5,8-10,12H,2-3,6-7H2,1H3,(H,16,20). The van der Waals surface area contributed by atoms with Gasteiger partial charge in [-0.15, -0.1) is 0 Å². The third kappa shape index (κ3) is 2.50. The van der Waals surface area contributed by atoms with Crippen LogP contribution in [-0.4, -0.2) is 23.2 Å². The highest BCUT2D eigenvalue weighted by atomic mass is 32.1. The topological polar surface area (TPSA) is 41.6 Å². The first kappa shape index (κ1) is 13.4. The van der Waals surface area contributed by atoms with Gasteiger partial charge in [-0.05, 0) is 57.0 Å². The van der Waals surface area contributed by atoms with Crippen molar-refractivity contribution in [1.82, 2.24) is 5.32 Å². The second-order valence-corrected chi connectivity index (χ2v) is 5.75. The van der Waals surface area contributed by atoms with Crippen molar-refractivity contribution < 1.29 is 9.53 Å². The monoisotopic (exact) mass is 290 g/mol. The van der Waals surface area contributed by atoms with Gasteiger partial charge in [-0.1, -0.05) is 6.07 Å². The van der Waals surface area contributed by atoms with Gasteiger partial charge < -0.3 is 10.1 Å². The lowest BCUT2D eigenvalue weighted by molar-refractivity contribution is -0.117. The van der Waals surface area contributed by atoms with Crippen LogP contribution in [0.3, 0.4) is 0 Å². The fourth-order valence-electron chi connectivity index (χ4n) is 2.74. The van der Waals surface area contributed by atoms with Gasteiger partial charge in [-0.25, -0.2) is 0 Å². The molecule has 2 aliphatic rings. The largest absolute Gasteiger partial charge is 0.490 e. The Labute approximate surface area is 124 Å². The number of anilines is 1. The van der Waals surface area contributed by atoms with Crippen LogP contribution in [-0.2, 0) is 4.79 Å². The molecule has 5 heteroatoms. The van der Waals surface area contributed by atoms with Crippen molar-refractivity contribution in [2.75, 3.05) is 4.90 Å². The Morgan fingerprint density at radius 1 is 1.35 bits per heavy atom. The fraction of sp³-hybridized carbons (Fsp3) is 0.467. The third-order valence-corrected chi connectivity index (χ3v) is 4.12. The van der Waals surface area contributed by atoms with E-state index in [4.69, 9.17) is 17.0 Å². The van der Waals surface area contributed by atoms with Gasteiger partial charge in [0, 0.05) is 6.07 Å². The SMILES string of the molecule is CC1NC(=S)N(c2cccc(OC3CCCC3)c2)C1=O. The molecule has 1 amide bonds. The number of carbonyl (C=O) groups excluding carboxylic acids is 1. The summed E-state index contributed by atoms with van der Waals surface area (Å²) in [6.07, 6.45) is 5.01. The van der Waals surface area contributed by atoms with Gasteiger partial charge >= 0.3 is 0 Å². The van der Waals surface area contributed by atoms with E-state index in [1.54, 1.807) is 4.90 Å². The van der Waals surface area contributed by atoms with Crippen LogP contribution in [0.4, 0.5) is 5.69 Å². The maximum absolute atomic E-state index is 12.1. The molecule has 1 heterocycles. The van der Waals surface area contributed by atoms with Crippen molar-refractivity contribution in [3.05, 3.63) is 24.3 Å². The van der Waals surface area contributed by atoms with Crippen LogP contribution in [0.25, 0.3) is 0 Å². The molecule has 1 aliphatic carbocycles. The quantitative estimate of drug-likeness (QED) is 0.869. The molecular formula is C15H18N2O2S. The Kier molecular flexibility index (Phi) is 3.61. The first-order chi connectivity index (χ1) is 9.65. The molecule has 1 aromatic carbocycles. The van der Waals surface area contributed by atoms with E-state index in [0.717, 1.165) is 24.3 Å². The number of benzene rings is 1. The molecule has 1 aliphatic heterocycles. The molecular weight excluding hydrogens is 272 g/mol. The molecule has 3 rings (SSSR count). The molecule has 1 saturated heterocycles. The molecule has 1 aromatic rings. The van der Waals surface area contributed by atoms with E-state index >= 15 is 0 Å². The number of nitrogens with one attached hydrogen (secondary N) is 1. The molecule has 0 radical (unpaired) electrons. The summed E-state index contributed by atoms with van der Waals surface area (Å²) in [6.45, 7) is 1.81. The molecule has 4 nitrogen and oxygen atoms in total. The first-order valence-corrected chi connectivity index (χ1v) is 7.47. The van der Waals surface area contributed by atoms with Gasteiger partial charge in [0.2, 0.25) is 0 Å². The number of hydrogen-bond acceptors (Lipinski definition) is 3. The van der Waals surface area contributed by atoms with Crippen LogP contribution in [0.1, 0.15) is 32.6 Å². The first-order valence-electron chi connectivity index (χ1n) is 7.06. The lowest BCUT2D eigenvalue weighted by Gasteiger charge is -2.18. The minimum atomic E-state index is -0.262. The molecule has 1 atom stereocenters. The number of nitrogens with zero attached hydrogens (tertiary/aromatic N) is 1. The summed E-state index contributed by atoms with van der Waals surface area (Å²) in [5, 5.41) is 3.43. The van der Waals surface area contributed by atoms with Crippen molar-refractivity contribution in [3.8, 4) is 5.75 Å². The van der Waals surface area contributed by atoms with Crippen LogP contribution in [0.15, 0.2) is 24.3 Å². The average molecular weight is 290 g/mol. The molecule has 106 valence electrons. The van der Waals surface area contributed by atoms with Crippen LogP contribution < -0.4 is 15.0 Å². The molecule has 1 saturated carbocycles. The Morgan fingerprint density at radius 2 is 2.10 bits per heavy atom. The van der Waals surface area contributed by atoms with Gasteiger partial charge in [0.1, 0.15) is 11.8 Å². The highest BCUT2D eigenvalue weighted by Crippen LogP contribution is 2.28. The summed E-state index contributed by atoms with van der Waals surface area (Å²) >= 11 is 5.22. The summed E-state index contributed by atoms with van der Waals surface area (Å²) in [5.41, 5.74) is 0.771. The smallest absolute Gasteiger partial charge is 0.255 e. The van der Waals surface area contributed by atoms with E-state index < -0.39 is 0 Å². The van der Waals surface area contributed by atoms with E-state index in [0.29, 0.717) is 11.2 Å². The number of thiocarbonyl (C=S) groups is 1. The van der Waals surface area contributed by atoms with Crippen LogP contribution >= 0.6 is 12.2 Å². The summed E-state index contributed by atoms with van der Waals surface area (Å²) in [6, 6.07) is 7.34. The maximum Gasteiger partial charge on any atom is 0.255 e. The van der Waals surface area contributed by atoms with E-state index in [-0.39, 0.29) is 11.9 Å². The summed E-state index contributed by atoms with van der Waals surface area (Å²) in [4.78, 5) is 13.7. The van der Waals surface area contributed by atoms with Gasteiger partial charge in [-0.2, -0.15) is 0 Å². The molecule has 1 unspecified atom stereocenters. The average Bonchev–Trinajstić information content (AvgIpc) is 3.00. The molecule has 0 aromatic heterocycles. The number of ether oxygens (including phenoxy) is 1. The maximum atomic E-state index is 12.1. The predicted octanol–water partition coefficient (Wildman–Crippen LogP) is 2.62. The van der Waals surface area contributed by atoms with Crippen molar-refractivity contribution in [3.63, 3.8) is 0 Å². The van der Waals surface area contributed by atoms with Gasteiger partial charge in [0.25, 0.3) is 5.91 Å². The van der Waals surface area contributed by atoms with Crippen LogP contribution in [0, 0.1) is 0 Å². The Bertz CT molecular complexity index is 540. The number of amides is 1. The van der Waals surface area contributed by atoms with E-state index in [1.807, 2.05) is 31.2 Å². The zero-order chi connectivity index (χ0) is 14.1. The number of hydrogen-bond donors (Lipinski definition) is 1. The molecule has 0 bridgehead atoms. The fourth-order valence-corrected chi connectivity index (χ4v) is 3.12. The van der Waals surface area contributed by atoms with E-state index in [9.17, 15) is 4.79 Å². The lowest BCUT2D eigenvalue weighted by atomic mass is 10.2. The van der Waals surface area contributed by atoms with Crippen molar-refractivity contribution in [2.24, 2.45) is 0 Å². The zero-order valence-electron chi connectivity index (χ0n) is 11.5. The molecule has 2 fully saturated rings. The summed E-state index contributed by atoms with van der Waals surface area (Å²) < 4.78 is 5.97. The second-order valence-electron chi connectivity index (χ2n) is 5.37. The van der Waals surface area contributed by atoms with E-state index in [2.05, 4.69) is 5.32 Å². The van der Waals surface area contributed by atoms with Crippen molar-refractivity contribution in [2.45, 2.75) is 44.8 Å². The predicted molar refractivity (Wildman–Crippen MR) is 82.0 cm³/mol. The molecule has 20 heavy (non-hydrogen) atoms. The Morgan fingerprint density at radius 3 is 2.75 bits per heavy atom. The third-order valence-electron chi connectivity index (χ3n) is 3.81. The van der Waals surface area contributed by atoms with Gasteiger partial charge in [-0.3, -0.25) is 9.69 Å². The molecule has 0 spiro atoms. The second kappa shape index (κ2) is 5.40. The van der Waals surface area contributed by atoms with Gasteiger partial charge in [0.05, 0.1) is 11.8 Å². The Hall–Kier alpha value is -1.62. The van der Waals surface area contributed by atoms with Gasteiger partial charge in [0.15, 0.2) is 5.11 Å². The number of rotatable bonds is 3. The van der Waals surface area contributed by atoms with Crippen LogP contribution in [0.2, 0.25) is 0 Å². The van der Waals surface area contributed by atoms with Crippen molar-refractivity contribution >= 4 is 28.9 Å². The van der Waals surface area contributed by atoms with Crippen LogP contribution in [0.5, 0.6) is 5.75 Å². The minimum absolute atomic E-state index is 0.0204. The summed E-state index contributed by atoms with van der Waals surface area (Å²) in [5.74, 6) is 0.789. The zero-order valence-corrected chi connectivity index (χ0v) is 12.3. The van der Waals surface area contributed by atoms with E-state index in [1.165, 1.54) is 12.8 Å². The van der Waals surface area contributed by atoms with Crippen molar-refractivity contribution in [1.29, 1.82) is 0 Å². The molecule has 1 N–H and O–H groups in total. The number of carbonyl (C=O) groups is 1. The highest BCUT2D eigenvalue weighted by molar-refractivity contribution is 7.80. The summed E-state index contributed by atoms with van der Waals surface area (Å²) in [7, 11) is 0. The lowest BCUT2D eigenvalue weighted by Crippen LogP contribution is -2.30. The highest BCUT2D eigenvalue weighted by Gasteiger charge is 2.33. The normalized spacial score (nSPS) is 23.2.